The maximum atomic E-state index is 11.7. The van der Waals surface area contributed by atoms with E-state index in [2.05, 4.69) is 37.4 Å². The minimum atomic E-state index is -3.48. The minimum absolute atomic E-state index is 0.00685. The third-order valence-corrected chi connectivity index (χ3v) is 4.53. The van der Waals surface area contributed by atoms with Gasteiger partial charge in [0, 0.05) is 13.1 Å². The summed E-state index contributed by atoms with van der Waals surface area (Å²) >= 11 is 0. The number of sulfonamides is 1. The van der Waals surface area contributed by atoms with Gasteiger partial charge in [0.2, 0.25) is 10.0 Å². The Morgan fingerprint density at radius 2 is 1.79 bits per heavy atom. The average molecular weight is 357 g/mol. The molecule has 0 saturated heterocycles. The number of aromatic nitrogens is 1. The molecule has 0 unspecified atom stereocenters. The van der Waals surface area contributed by atoms with E-state index in [4.69, 9.17) is 0 Å². The molecular weight excluding hydrogens is 330 g/mol. The predicted octanol–water partition coefficient (Wildman–Crippen LogP) is 2.66. The number of nitrogens with one attached hydrogen (secondary N) is 1. The number of nitrogens with zero attached hydrogens (tertiary/aromatic N) is 2. The van der Waals surface area contributed by atoms with Crippen LogP contribution in [0.3, 0.4) is 0 Å². The smallest absolute Gasteiger partial charge is 0.339 e. The van der Waals surface area contributed by atoms with Crippen molar-refractivity contribution >= 4 is 27.5 Å². The monoisotopic (exact) mass is 357 g/mol. The summed E-state index contributed by atoms with van der Waals surface area (Å²) in [4.78, 5) is 17.8. The number of hydrogen-bond acceptors (Lipinski definition) is 5. The van der Waals surface area contributed by atoms with Crippen LogP contribution in [0.2, 0.25) is 0 Å². The highest BCUT2D eigenvalue weighted by atomic mass is 32.2. The van der Waals surface area contributed by atoms with E-state index in [9.17, 15) is 18.3 Å². The van der Waals surface area contributed by atoms with Crippen molar-refractivity contribution in [2.75, 3.05) is 28.5 Å². The lowest BCUT2D eigenvalue weighted by molar-refractivity contribution is 0.0697. The zero-order valence-electron chi connectivity index (χ0n) is 14.9. The van der Waals surface area contributed by atoms with Crippen molar-refractivity contribution in [3.63, 3.8) is 0 Å². The predicted molar refractivity (Wildman–Crippen MR) is 96.2 cm³/mol. The second-order valence-electron chi connectivity index (χ2n) is 6.60. The number of carbonyl (C=O) groups is 1. The van der Waals surface area contributed by atoms with Crippen molar-refractivity contribution in [3.05, 3.63) is 17.8 Å². The Morgan fingerprint density at radius 3 is 2.21 bits per heavy atom. The maximum absolute atomic E-state index is 11.7. The SMILES string of the molecule is CCS(=O)(=O)Nc1cnc(N(CC(C)C)CC(C)C)c(C(=O)O)c1. The fourth-order valence-corrected chi connectivity index (χ4v) is 2.92. The summed E-state index contributed by atoms with van der Waals surface area (Å²) in [6.07, 6.45) is 1.36. The van der Waals surface area contributed by atoms with Gasteiger partial charge < -0.3 is 10.0 Å². The van der Waals surface area contributed by atoms with Crippen LogP contribution in [0.15, 0.2) is 12.3 Å². The third-order valence-electron chi connectivity index (χ3n) is 3.22. The van der Waals surface area contributed by atoms with E-state index >= 15 is 0 Å². The van der Waals surface area contributed by atoms with Crippen LogP contribution in [0.25, 0.3) is 0 Å². The zero-order chi connectivity index (χ0) is 18.5. The van der Waals surface area contributed by atoms with Gasteiger partial charge in [0.15, 0.2) is 0 Å². The molecule has 136 valence electrons. The van der Waals surface area contributed by atoms with Gasteiger partial charge in [-0.1, -0.05) is 27.7 Å². The molecule has 24 heavy (non-hydrogen) atoms. The average Bonchev–Trinajstić information content (AvgIpc) is 2.45. The molecule has 0 aliphatic rings. The fraction of sp³-hybridized carbons (Fsp3) is 0.625. The van der Waals surface area contributed by atoms with Crippen molar-refractivity contribution < 1.29 is 18.3 Å². The summed E-state index contributed by atoms with van der Waals surface area (Å²) in [7, 11) is -3.48. The standard InChI is InChI=1S/C16H27N3O4S/c1-6-24(22,23)18-13-7-14(16(20)21)15(17-8-13)19(9-11(2)3)10-12(4)5/h7-8,11-12,18H,6,9-10H2,1-5H3,(H,20,21). The largest absolute Gasteiger partial charge is 0.478 e. The second-order valence-corrected chi connectivity index (χ2v) is 8.61. The molecule has 0 aromatic carbocycles. The molecule has 0 spiro atoms. The molecule has 8 heteroatoms. The van der Waals surface area contributed by atoms with Gasteiger partial charge in [-0.3, -0.25) is 4.72 Å². The summed E-state index contributed by atoms with van der Waals surface area (Å²) in [5.74, 6) is -0.183. The van der Waals surface area contributed by atoms with Crippen LogP contribution < -0.4 is 9.62 Å². The van der Waals surface area contributed by atoms with E-state index in [1.165, 1.54) is 19.2 Å². The Morgan fingerprint density at radius 1 is 1.25 bits per heavy atom. The Balaban J connectivity index is 3.28. The lowest BCUT2D eigenvalue weighted by Crippen LogP contribution is -2.33. The third kappa shape index (κ3) is 5.99. The van der Waals surface area contributed by atoms with Crippen molar-refractivity contribution in [2.24, 2.45) is 11.8 Å². The number of anilines is 2. The van der Waals surface area contributed by atoms with E-state index in [0.717, 1.165) is 0 Å². The maximum Gasteiger partial charge on any atom is 0.339 e. The molecule has 0 bridgehead atoms. The Hall–Kier alpha value is -1.83. The molecule has 0 radical (unpaired) electrons. The molecule has 0 amide bonds. The first-order valence-corrected chi connectivity index (χ1v) is 9.69. The molecule has 2 N–H and O–H groups in total. The summed E-state index contributed by atoms with van der Waals surface area (Å²) < 4.78 is 25.7. The first-order valence-electron chi connectivity index (χ1n) is 8.04. The fourth-order valence-electron chi connectivity index (χ4n) is 2.30. The van der Waals surface area contributed by atoms with Crippen molar-refractivity contribution in [1.82, 2.24) is 4.98 Å². The van der Waals surface area contributed by atoms with Gasteiger partial charge in [0.05, 0.1) is 17.6 Å². The highest BCUT2D eigenvalue weighted by Gasteiger charge is 2.21. The van der Waals surface area contributed by atoms with Crippen LogP contribution in [0.5, 0.6) is 0 Å². The summed E-state index contributed by atoms with van der Waals surface area (Å²) in [6, 6.07) is 1.32. The molecule has 1 heterocycles. The normalized spacial score (nSPS) is 11.8. The molecule has 0 aliphatic heterocycles. The molecule has 0 atom stereocenters. The molecular formula is C16H27N3O4S. The van der Waals surface area contributed by atoms with E-state index in [1.54, 1.807) is 0 Å². The van der Waals surface area contributed by atoms with Gasteiger partial charge in [0.25, 0.3) is 0 Å². The first-order chi connectivity index (χ1) is 11.1. The Kier molecular flexibility index (Phi) is 7.01. The van der Waals surface area contributed by atoms with Crippen LogP contribution in [-0.4, -0.2) is 43.3 Å². The van der Waals surface area contributed by atoms with Crippen LogP contribution in [0.4, 0.5) is 11.5 Å². The number of aromatic carboxylic acids is 1. The molecule has 1 aromatic rings. The summed E-state index contributed by atoms with van der Waals surface area (Å²) in [6.45, 7) is 11.1. The number of pyridine rings is 1. The topological polar surface area (TPSA) is 99.6 Å². The molecule has 7 nitrogen and oxygen atoms in total. The first kappa shape index (κ1) is 20.2. The highest BCUT2D eigenvalue weighted by molar-refractivity contribution is 7.92. The van der Waals surface area contributed by atoms with Gasteiger partial charge in [-0.15, -0.1) is 0 Å². The van der Waals surface area contributed by atoms with Crippen molar-refractivity contribution in [1.29, 1.82) is 0 Å². The number of rotatable bonds is 9. The lowest BCUT2D eigenvalue weighted by Gasteiger charge is -2.28. The highest BCUT2D eigenvalue weighted by Crippen LogP contribution is 2.24. The van der Waals surface area contributed by atoms with Gasteiger partial charge in [-0.05, 0) is 24.8 Å². The second kappa shape index (κ2) is 8.32. The number of carboxylic acids is 1. The number of carboxylic acid groups (broad SMARTS) is 1. The molecule has 1 rings (SSSR count). The van der Waals surface area contributed by atoms with E-state index in [-0.39, 0.29) is 17.0 Å². The minimum Gasteiger partial charge on any atom is -0.478 e. The Bertz CT molecular complexity index is 662. The molecule has 0 fully saturated rings. The summed E-state index contributed by atoms with van der Waals surface area (Å²) in [5, 5.41) is 9.52. The molecule has 0 saturated carbocycles. The molecule has 0 aliphatic carbocycles. The van der Waals surface area contributed by atoms with Crippen LogP contribution >= 0.6 is 0 Å². The summed E-state index contributed by atoms with van der Waals surface area (Å²) in [5.41, 5.74) is 0.152. The molecule has 1 aromatic heterocycles. The van der Waals surface area contributed by atoms with Crippen molar-refractivity contribution in [3.8, 4) is 0 Å². The van der Waals surface area contributed by atoms with E-state index < -0.39 is 16.0 Å². The Labute approximate surface area is 144 Å². The van der Waals surface area contributed by atoms with Crippen LogP contribution in [-0.2, 0) is 10.0 Å². The van der Waals surface area contributed by atoms with Crippen molar-refractivity contribution in [2.45, 2.75) is 34.6 Å². The van der Waals surface area contributed by atoms with Gasteiger partial charge in [-0.2, -0.15) is 0 Å². The van der Waals surface area contributed by atoms with E-state index in [1.807, 2.05) is 4.90 Å². The lowest BCUT2D eigenvalue weighted by atomic mass is 10.1. The van der Waals surface area contributed by atoms with Gasteiger partial charge >= 0.3 is 5.97 Å². The van der Waals surface area contributed by atoms with Crippen LogP contribution in [0.1, 0.15) is 45.0 Å². The van der Waals surface area contributed by atoms with E-state index in [0.29, 0.717) is 30.7 Å². The quantitative estimate of drug-likeness (QED) is 0.705. The number of hydrogen-bond donors (Lipinski definition) is 2. The van der Waals surface area contributed by atoms with Gasteiger partial charge in [-0.25, -0.2) is 18.2 Å². The zero-order valence-corrected chi connectivity index (χ0v) is 15.7. The van der Waals surface area contributed by atoms with Crippen LogP contribution in [0, 0.1) is 11.8 Å². The van der Waals surface area contributed by atoms with Gasteiger partial charge in [0.1, 0.15) is 11.4 Å².